The van der Waals surface area contributed by atoms with Crippen LogP contribution in [0.4, 0.5) is 0 Å². The van der Waals surface area contributed by atoms with Crippen LogP contribution < -0.4 is 0 Å². The highest BCUT2D eigenvalue weighted by molar-refractivity contribution is 5.93. The third kappa shape index (κ3) is 6.95. The molecule has 0 fully saturated rings. The van der Waals surface area contributed by atoms with Gasteiger partial charge in [-0.25, -0.2) is 4.90 Å². The fourth-order valence-electron chi connectivity index (χ4n) is 3.73. The second-order valence-electron chi connectivity index (χ2n) is 7.16. The quantitative estimate of drug-likeness (QED) is 0.0731. The van der Waals surface area contributed by atoms with Crippen molar-refractivity contribution in [1.82, 2.24) is 4.90 Å². The average molecular weight is 523 g/mol. The molecule has 0 amide bonds. The van der Waals surface area contributed by atoms with E-state index in [0.29, 0.717) is 0 Å². The van der Waals surface area contributed by atoms with Gasteiger partial charge < -0.3 is 44.5 Å². The van der Waals surface area contributed by atoms with Gasteiger partial charge in [-0.05, 0) is 0 Å². The van der Waals surface area contributed by atoms with Gasteiger partial charge in [0.25, 0.3) is 19.4 Å². The lowest BCUT2D eigenvalue weighted by Crippen LogP contribution is -2.79. The van der Waals surface area contributed by atoms with E-state index >= 15 is 0 Å². The van der Waals surface area contributed by atoms with Gasteiger partial charge in [0.1, 0.15) is 37.2 Å². The van der Waals surface area contributed by atoms with Crippen molar-refractivity contribution in [2.75, 3.05) is 19.8 Å². The number of carbonyl (C=O) groups excluding carboxylic acids is 4. The fourth-order valence-corrected chi connectivity index (χ4v) is 3.73. The van der Waals surface area contributed by atoms with E-state index in [2.05, 4.69) is 14.2 Å². The third-order valence-electron chi connectivity index (χ3n) is 4.84. The molecule has 0 aromatic heterocycles. The van der Waals surface area contributed by atoms with Crippen LogP contribution >= 0.6 is 0 Å². The Bertz CT molecular complexity index is 870. The van der Waals surface area contributed by atoms with Crippen LogP contribution in [-0.2, 0) is 57.4 Å². The Hall–Kier alpha value is -4.61. The molecule has 0 aliphatic carbocycles. The second-order valence-corrected chi connectivity index (χ2v) is 7.16. The predicted octanol–water partition coefficient (Wildman–Crippen LogP) is -3.18. The monoisotopic (exact) mass is 523 g/mol. The highest BCUT2D eigenvalue weighted by atomic mass is 16.5. The fraction of sp³-hybridized carbons (Fsp3) is 0.500. The number of nitrogens with zero attached hydrogens (tertiary/aromatic N) is 1. The molecule has 18 heteroatoms. The summed E-state index contributed by atoms with van der Waals surface area (Å²) < 4.78 is 13.3. The SMILES string of the molecule is O=COCC(C=O)(COC=O)N(C(COC=O)(CC(=O)O)C(=O)O)C(CC(=O)O)(CC(=O)O)C(=O)O. The van der Waals surface area contributed by atoms with Crippen LogP contribution in [0.2, 0.25) is 0 Å². The van der Waals surface area contributed by atoms with Gasteiger partial charge in [0, 0.05) is 0 Å². The molecule has 0 saturated heterocycles. The van der Waals surface area contributed by atoms with E-state index in [1.54, 1.807) is 0 Å². The summed E-state index contributed by atoms with van der Waals surface area (Å²) in [6.45, 7) is -5.48. The van der Waals surface area contributed by atoms with Crippen molar-refractivity contribution >= 4 is 55.5 Å². The summed E-state index contributed by atoms with van der Waals surface area (Å²) in [6.07, 6.45) is -5.67. The molecule has 0 spiro atoms. The van der Waals surface area contributed by atoms with Gasteiger partial charge in [0.2, 0.25) is 0 Å². The number of aliphatic carboxylic acids is 5. The first-order valence-corrected chi connectivity index (χ1v) is 9.30. The summed E-state index contributed by atoms with van der Waals surface area (Å²) in [6, 6.07) is 0. The molecule has 0 aromatic rings. The number of hydrogen-bond acceptors (Lipinski definition) is 13. The first-order valence-electron chi connectivity index (χ1n) is 9.30. The van der Waals surface area contributed by atoms with E-state index in [4.69, 9.17) is 0 Å². The molecule has 0 aliphatic rings. The normalized spacial score (nSPS) is 12.9. The first-order chi connectivity index (χ1) is 16.7. The van der Waals surface area contributed by atoms with E-state index in [1.165, 1.54) is 0 Å². The molecule has 0 radical (unpaired) electrons. The van der Waals surface area contributed by atoms with Crippen LogP contribution in [0, 0.1) is 0 Å². The molecule has 36 heavy (non-hydrogen) atoms. The number of carboxylic acids is 5. The summed E-state index contributed by atoms with van der Waals surface area (Å²) in [5, 5.41) is 48.4. The van der Waals surface area contributed by atoms with Crippen LogP contribution in [0.1, 0.15) is 19.3 Å². The zero-order valence-electron chi connectivity index (χ0n) is 18.1. The summed E-state index contributed by atoms with van der Waals surface area (Å²) in [4.78, 5) is 105. The Morgan fingerprint density at radius 1 is 0.583 bits per heavy atom. The summed E-state index contributed by atoms with van der Waals surface area (Å²) in [7, 11) is 0. The van der Waals surface area contributed by atoms with Gasteiger partial charge in [-0.15, -0.1) is 0 Å². The number of carboxylic acid groups (broad SMARTS) is 5. The number of rotatable bonds is 21. The van der Waals surface area contributed by atoms with E-state index in [-0.39, 0.29) is 24.1 Å². The molecule has 0 aliphatic heterocycles. The number of aldehydes is 1. The van der Waals surface area contributed by atoms with E-state index in [9.17, 15) is 68.7 Å². The molecular weight excluding hydrogens is 502 g/mol. The standard InChI is InChI=1S/C18H21NO17/c20-4-16(5-34-8-21,6-35-9-22)19(17(14(30)31,1-11(24)25)2-12(26)27)18(15(32)33,3-13(28)29)7-36-10-23/h4,8-10H,1-3,5-7H2,(H,24,25)(H,26,27)(H,28,29)(H,30,31)(H,32,33). The number of carbonyl (C=O) groups is 9. The maximum atomic E-state index is 12.5. The van der Waals surface area contributed by atoms with Crippen molar-refractivity contribution in [1.29, 1.82) is 0 Å². The molecule has 0 saturated carbocycles. The van der Waals surface area contributed by atoms with Crippen LogP contribution in [0.25, 0.3) is 0 Å². The van der Waals surface area contributed by atoms with Gasteiger partial charge in [0.15, 0.2) is 5.54 Å². The lowest BCUT2D eigenvalue weighted by atomic mass is 9.76. The van der Waals surface area contributed by atoms with Crippen molar-refractivity contribution in [3.8, 4) is 0 Å². The van der Waals surface area contributed by atoms with Gasteiger partial charge >= 0.3 is 29.8 Å². The third-order valence-corrected chi connectivity index (χ3v) is 4.84. The lowest BCUT2D eigenvalue weighted by Gasteiger charge is -2.54. The Labute approximate surface area is 199 Å². The van der Waals surface area contributed by atoms with Crippen molar-refractivity contribution < 1.29 is 82.9 Å². The van der Waals surface area contributed by atoms with E-state index in [0.717, 1.165) is 0 Å². The Kier molecular flexibility index (Phi) is 11.6. The first kappa shape index (κ1) is 31.4. The minimum absolute atomic E-state index is 0.183. The molecule has 0 heterocycles. The van der Waals surface area contributed by atoms with E-state index < -0.39 is 92.0 Å². The van der Waals surface area contributed by atoms with Gasteiger partial charge in [0.05, 0.1) is 19.3 Å². The van der Waals surface area contributed by atoms with Crippen LogP contribution in [0.15, 0.2) is 0 Å². The molecule has 18 nitrogen and oxygen atoms in total. The maximum Gasteiger partial charge on any atom is 0.328 e. The average Bonchev–Trinajstić information content (AvgIpc) is 2.77. The topological polar surface area (TPSA) is 286 Å². The van der Waals surface area contributed by atoms with Gasteiger partial charge in [-0.3, -0.25) is 38.4 Å². The second kappa shape index (κ2) is 13.3. The molecule has 0 bridgehead atoms. The molecule has 1 unspecified atom stereocenters. The maximum absolute atomic E-state index is 12.5. The zero-order valence-corrected chi connectivity index (χ0v) is 18.1. The molecular formula is C18H21NO17. The molecule has 5 N–H and O–H groups in total. The Morgan fingerprint density at radius 3 is 1.19 bits per heavy atom. The summed E-state index contributed by atoms with van der Waals surface area (Å²) in [5.74, 6) is -10.9. The number of ether oxygens (including phenoxy) is 3. The molecule has 0 aromatic carbocycles. The molecule has 0 rings (SSSR count). The van der Waals surface area contributed by atoms with Crippen LogP contribution in [-0.4, -0.2) is 122 Å². The van der Waals surface area contributed by atoms with E-state index in [1.807, 2.05) is 0 Å². The van der Waals surface area contributed by atoms with Crippen molar-refractivity contribution in [3.05, 3.63) is 0 Å². The minimum Gasteiger partial charge on any atom is -0.481 e. The minimum atomic E-state index is -3.52. The lowest BCUT2D eigenvalue weighted by molar-refractivity contribution is -0.207. The highest BCUT2D eigenvalue weighted by Gasteiger charge is 2.67. The molecule has 1 atom stereocenters. The molecule has 200 valence electrons. The van der Waals surface area contributed by atoms with Gasteiger partial charge in [-0.1, -0.05) is 0 Å². The zero-order chi connectivity index (χ0) is 28.2. The van der Waals surface area contributed by atoms with Crippen LogP contribution in [0.3, 0.4) is 0 Å². The number of hydrogen-bond donors (Lipinski definition) is 5. The largest absolute Gasteiger partial charge is 0.481 e. The van der Waals surface area contributed by atoms with Crippen molar-refractivity contribution in [2.45, 2.75) is 35.9 Å². The Morgan fingerprint density at radius 2 is 0.917 bits per heavy atom. The smallest absolute Gasteiger partial charge is 0.328 e. The van der Waals surface area contributed by atoms with Crippen LogP contribution in [0.5, 0.6) is 0 Å². The summed E-state index contributed by atoms with van der Waals surface area (Å²) in [5.41, 5.74) is -9.99. The van der Waals surface area contributed by atoms with Crippen molar-refractivity contribution in [3.63, 3.8) is 0 Å². The Balaban J connectivity index is 8.16. The van der Waals surface area contributed by atoms with Crippen molar-refractivity contribution in [2.24, 2.45) is 0 Å². The summed E-state index contributed by atoms with van der Waals surface area (Å²) >= 11 is 0. The van der Waals surface area contributed by atoms with Gasteiger partial charge in [-0.2, -0.15) is 0 Å². The highest BCUT2D eigenvalue weighted by Crippen LogP contribution is 2.41. The predicted molar refractivity (Wildman–Crippen MR) is 104 cm³/mol.